The molecule has 1 aliphatic rings. The Kier molecular flexibility index (Phi) is 5.02. The lowest BCUT2D eigenvalue weighted by Gasteiger charge is -2.21. The van der Waals surface area contributed by atoms with Gasteiger partial charge < -0.3 is 10.0 Å². The van der Waals surface area contributed by atoms with Gasteiger partial charge in [0.2, 0.25) is 5.91 Å². The molecule has 0 radical (unpaired) electrons. The van der Waals surface area contributed by atoms with Gasteiger partial charge in [-0.1, -0.05) is 23.7 Å². The number of carboxylic acid groups (broad SMARTS) is 1. The Morgan fingerprint density at radius 1 is 1.48 bits per heavy atom. The van der Waals surface area contributed by atoms with Crippen LogP contribution in [0, 0.1) is 6.92 Å². The molecular weight excluding hydrogens is 290 g/mol. The van der Waals surface area contributed by atoms with Crippen molar-refractivity contribution in [1.29, 1.82) is 0 Å². The molecule has 0 aromatic heterocycles. The Morgan fingerprint density at radius 2 is 2.24 bits per heavy atom. The summed E-state index contributed by atoms with van der Waals surface area (Å²) >= 11 is 6.04. The Hall–Kier alpha value is -1.81. The zero-order chi connectivity index (χ0) is 15.4. The molecule has 112 valence electrons. The molecule has 1 aromatic carbocycles. The number of nitrogens with zero attached hydrogens (tertiary/aromatic N) is 1. The second-order valence-electron chi connectivity index (χ2n) is 5.27. The van der Waals surface area contributed by atoms with Crippen LogP contribution in [-0.4, -0.2) is 34.5 Å². The highest BCUT2D eigenvalue weighted by Gasteiger charge is 2.28. The first-order valence-corrected chi connectivity index (χ1v) is 7.32. The second-order valence-corrected chi connectivity index (χ2v) is 5.67. The number of aliphatic carboxylic acids is 1. The monoisotopic (exact) mass is 307 g/mol. The highest BCUT2D eigenvalue weighted by molar-refractivity contribution is 6.31. The van der Waals surface area contributed by atoms with E-state index in [2.05, 4.69) is 0 Å². The van der Waals surface area contributed by atoms with Crippen molar-refractivity contribution in [2.45, 2.75) is 32.2 Å². The van der Waals surface area contributed by atoms with Crippen molar-refractivity contribution >= 4 is 29.6 Å². The highest BCUT2D eigenvalue weighted by atomic mass is 35.5. The summed E-state index contributed by atoms with van der Waals surface area (Å²) in [7, 11) is 0. The van der Waals surface area contributed by atoms with Crippen molar-refractivity contribution in [2.24, 2.45) is 0 Å². The lowest BCUT2D eigenvalue weighted by atomic mass is 10.1. The van der Waals surface area contributed by atoms with Crippen molar-refractivity contribution < 1.29 is 14.7 Å². The van der Waals surface area contributed by atoms with Gasteiger partial charge in [-0.15, -0.1) is 0 Å². The van der Waals surface area contributed by atoms with Gasteiger partial charge in [0.25, 0.3) is 0 Å². The molecule has 1 heterocycles. The summed E-state index contributed by atoms with van der Waals surface area (Å²) in [5.74, 6) is -1.01. The van der Waals surface area contributed by atoms with E-state index in [9.17, 15) is 9.59 Å². The normalized spacial score (nSPS) is 18.4. The van der Waals surface area contributed by atoms with E-state index >= 15 is 0 Å². The van der Waals surface area contributed by atoms with Crippen LogP contribution in [0.2, 0.25) is 5.02 Å². The SMILES string of the molecule is Cc1ccc(/C=C/C(=O)N2CCCC2CC(=O)O)cc1Cl. The van der Waals surface area contributed by atoms with Gasteiger partial charge in [0.05, 0.1) is 6.42 Å². The summed E-state index contributed by atoms with van der Waals surface area (Å²) in [6.45, 7) is 2.54. The van der Waals surface area contributed by atoms with Crippen molar-refractivity contribution in [3.05, 3.63) is 40.4 Å². The molecule has 1 amide bonds. The number of amides is 1. The standard InChI is InChI=1S/C16H18ClNO3/c1-11-4-5-12(9-14(11)17)6-7-15(19)18-8-2-3-13(18)10-16(20)21/h4-7,9,13H,2-3,8,10H2,1H3,(H,20,21)/b7-6+. The maximum absolute atomic E-state index is 12.2. The zero-order valence-electron chi connectivity index (χ0n) is 11.9. The van der Waals surface area contributed by atoms with Crippen LogP contribution in [0.25, 0.3) is 6.08 Å². The van der Waals surface area contributed by atoms with Crippen LogP contribution in [-0.2, 0) is 9.59 Å². The average molecular weight is 308 g/mol. The van der Waals surface area contributed by atoms with Gasteiger partial charge in [-0.25, -0.2) is 0 Å². The average Bonchev–Trinajstić information content (AvgIpc) is 2.87. The van der Waals surface area contributed by atoms with Gasteiger partial charge in [0, 0.05) is 23.7 Å². The lowest BCUT2D eigenvalue weighted by molar-refractivity contribution is -0.139. The van der Waals surface area contributed by atoms with Crippen LogP contribution in [0.1, 0.15) is 30.4 Å². The fraction of sp³-hybridized carbons (Fsp3) is 0.375. The maximum Gasteiger partial charge on any atom is 0.305 e. The molecular formula is C16H18ClNO3. The Bertz CT molecular complexity index is 583. The van der Waals surface area contributed by atoms with E-state index in [1.54, 1.807) is 17.0 Å². The van der Waals surface area contributed by atoms with Crippen LogP contribution in [0.5, 0.6) is 0 Å². The minimum absolute atomic E-state index is 0.00986. The van der Waals surface area contributed by atoms with Crippen LogP contribution in [0.15, 0.2) is 24.3 Å². The molecule has 1 saturated heterocycles. The number of hydrogen-bond acceptors (Lipinski definition) is 2. The summed E-state index contributed by atoms with van der Waals surface area (Å²) in [5.41, 5.74) is 1.84. The number of benzene rings is 1. The van der Waals surface area contributed by atoms with Gasteiger partial charge in [-0.05, 0) is 43.0 Å². The van der Waals surface area contributed by atoms with E-state index in [1.807, 2.05) is 19.1 Å². The summed E-state index contributed by atoms with van der Waals surface area (Å²) in [6.07, 6.45) is 4.82. The molecule has 4 nitrogen and oxygen atoms in total. The third kappa shape index (κ3) is 4.08. The summed E-state index contributed by atoms with van der Waals surface area (Å²) < 4.78 is 0. The number of likely N-dealkylation sites (tertiary alicyclic amines) is 1. The van der Waals surface area contributed by atoms with Crippen molar-refractivity contribution in [2.75, 3.05) is 6.54 Å². The van der Waals surface area contributed by atoms with Crippen LogP contribution < -0.4 is 0 Å². The van der Waals surface area contributed by atoms with Gasteiger partial charge in [-0.3, -0.25) is 9.59 Å². The van der Waals surface area contributed by atoms with Gasteiger partial charge in [-0.2, -0.15) is 0 Å². The number of carbonyl (C=O) groups is 2. The van der Waals surface area contributed by atoms with Crippen LogP contribution in [0.4, 0.5) is 0 Å². The zero-order valence-corrected chi connectivity index (χ0v) is 12.6. The quantitative estimate of drug-likeness (QED) is 0.869. The predicted molar refractivity (Wildman–Crippen MR) is 82.2 cm³/mol. The van der Waals surface area contributed by atoms with Crippen LogP contribution >= 0.6 is 11.6 Å². The molecule has 1 aromatic rings. The molecule has 1 N–H and O–H groups in total. The summed E-state index contributed by atoms with van der Waals surface area (Å²) in [5, 5.41) is 9.53. The number of aryl methyl sites for hydroxylation is 1. The third-order valence-corrected chi connectivity index (χ3v) is 4.09. The van der Waals surface area contributed by atoms with E-state index in [-0.39, 0.29) is 18.4 Å². The number of hydrogen-bond donors (Lipinski definition) is 1. The first-order valence-electron chi connectivity index (χ1n) is 6.94. The number of carbonyl (C=O) groups excluding carboxylic acids is 1. The molecule has 1 fully saturated rings. The number of rotatable bonds is 4. The van der Waals surface area contributed by atoms with E-state index < -0.39 is 5.97 Å². The molecule has 1 unspecified atom stereocenters. The lowest BCUT2D eigenvalue weighted by Crippen LogP contribution is -2.35. The number of halogens is 1. The van der Waals surface area contributed by atoms with Crippen molar-refractivity contribution in [3.8, 4) is 0 Å². The first-order chi connectivity index (χ1) is 9.97. The van der Waals surface area contributed by atoms with E-state index in [4.69, 9.17) is 16.7 Å². The smallest absolute Gasteiger partial charge is 0.305 e. The van der Waals surface area contributed by atoms with E-state index in [0.717, 1.165) is 24.0 Å². The molecule has 0 spiro atoms. The van der Waals surface area contributed by atoms with Gasteiger partial charge in [0.1, 0.15) is 0 Å². The first kappa shape index (κ1) is 15.6. The molecule has 1 aliphatic heterocycles. The maximum atomic E-state index is 12.2. The Balaban J connectivity index is 2.04. The van der Waals surface area contributed by atoms with Crippen LogP contribution in [0.3, 0.4) is 0 Å². The fourth-order valence-corrected chi connectivity index (χ4v) is 2.70. The van der Waals surface area contributed by atoms with E-state index in [1.165, 1.54) is 6.08 Å². The Morgan fingerprint density at radius 3 is 2.90 bits per heavy atom. The van der Waals surface area contributed by atoms with E-state index in [0.29, 0.717) is 11.6 Å². The van der Waals surface area contributed by atoms with Gasteiger partial charge >= 0.3 is 5.97 Å². The predicted octanol–water partition coefficient (Wildman–Crippen LogP) is 3.13. The second kappa shape index (κ2) is 6.76. The molecule has 0 saturated carbocycles. The fourth-order valence-electron chi connectivity index (χ4n) is 2.52. The molecule has 0 bridgehead atoms. The minimum atomic E-state index is -0.867. The largest absolute Gasteiger partial charge is 0.481 e. The van der Waals surface area contributed by atoms with Gasteiger partial charge in [0.15, 0.2) is 0 Å². The third-order valence-electron chi connectivity index (χ3n) is 3.68. The Labute approximate surface area is 129 Å². The topological polar surface area (TPSA) is 57.6 Å². The van der Waals surface area contributed by atoms with Crippen molar-refractivity contribution in [1.82, 2.24) is 4.90 Å². The highest BCUT2D eigenvalue weighted by Crippen LogP contribution is 2.21. The number of carboxylic acids is 1. The molecule has 21 heavy (non-hydrogen) atoms. The molecule has 1 atom stereocenters. The summed E-state index contributed by atoms with van der Waals surface area (Å²) in [4.78, 5) is 24.6. The molecule has 2 rings (SSSR count). The molecule has 0 aliphatic carbocycles. The van der Waals surface area contributed by atoms with Crippen molar-refractivity contribution in [3.63, 3.8) is 0 Å². The molecule has 5 heteroatoms. The minimum Gasteiger partial charge on any atom is -0.481 e. The summed E-state index contributed by atoms with van der Waals surface area (Å²) in [6, 6.07) is 5.40.